The van der Waals surface area contributed by atoms with Gasteiger partial charge in [0.05, 0.1) is 18.8 Å². The van der Waals surface area contributed by atoms with Gasteiger partial charge in [-0.1, -0.05) is 0 Å². The van der Waals surface area contributed by atoms with Crippen LogP contribution in [0.4, 0.5) is 0 Å². The molecule has 0 radical (unpaired) electrons. The second kappa shape index (κ2) is 6.54. The summed E-state index contributed by atoms with van der Waals surface area (Å²) in [5.41, 5.74) is 2.17. The molecule has 0 aliphatic heterocycles. The lowest BCUT2D eigenvalue weighted by Crippen LogP contribution is -2.42. The predicted molar refractivity (Wildman–Crippen MR) is 72.4 cm³/mol. The zero-order chi connectivity index (χ0) is 13.7. The molecule has 0 bridgehead atoms. The first kappa shape index (κ1) is 14.7. The van der Waals surface area contributed by atoms with Gasteiger partial charge in [-0.15, -0.1) is 0 Å². The first-order valence-corrected chi connectivity index (χ1v) is 6.42. The van der Waals surface area contributed by atoms with Gasteiger partial charge in [0.1, 0.15) is 0 Å². The van der Waals surface area contributed by atoms with Crippen LogP contribution in [0.15, 0.2) is 6.07 Å². The van der Waals surface area contributed by atoms with Crippen molar-refractivity contribution in [1.82, 2.24) is 20.4 Å². The number of aromatic nitrogens is 2. The van der Waals surface area contributed by atoms with E-state index in [0.717, 1.165) is 17.9 Å². The Morgan fingerprint density at radius 2 is 2.06 bits per heavy atom. The number of amides is 1. The van der Waals surface area contributed by atoms with Crippen molar-refractivity contribution >= 4 is 5.91 Å². The molecule has 0 aromatic carbocycles. The molecular weight excluding hydrogens is 228 g/mol. The van der Waals surface area contributed by atoms with E-state index in [1.165, 1.54) is 0 Å². The highest BCUT2D eigenvalue weighted by molar-refractivity contribution is 5.78. The van der Waals surface area contributed by atoms with Crippen molar-refractivity contribution in [2.24, 2.45) is 0 Å². The van der Waals surface area contributed by atoms with E-state index in [-0.39, 0.29) is 18.0 Å². The van der Waals surface area contributed by atoms with Crippen LogP contribution < -0.4 is 10.6 Å². The average Bonchev–Trinajstić information content (AvgIpc) is 2.53. The molecule has 1 aromatic heterocycles. The zero-order valence-corrected chi connectivity index (χ0v) is 11.9. The number of carbonyl (C=O) groups excluding carboxylic acids is 1. The van der Waals surface area contributed by atoms with Crippen LogP contribution in [0.2, 0.25) is 0 Å². The monoisotopic (exact) mass is 252 g/mol. The fourth-order valence-corrected chi connectivity index (χ4v) is 1.82. The van der Waals surface area contributed by atoms with Crippen molar-refractivity contribution in [3.63, 3.8) is 0 Å². The molecule has 0 fully saturated rings. The van der Waals surface area contributed by atoms with Crippen LogP contribution in [0.25, 0.3) is 0 Å². The maximum atomic E-state index is 11.5. The van der Waals surface area contributed by atoms with Gasteiger partial charge in [-0.05, 0) is 40.7 Å². The Kier molecular flexibility index (Phi) is 5.34. The van der Waals surface area contributed by atoms with Crippen molar-refractivity contribution in [3.05, 3.63) is 17.5 Å². The number of nitrogens with one attached hydrogen (secondary N) is 2. The molecular formula is C13H24N4O. The van der Waals surface area contributed by atoms with Crippen molar-refractivity contribution < 1.29 is 4.79 Å². The van der Waals surface area contributed by atoms with E-state index >= 15 is 0 Å². The Morgan fingerprint density at radius 3 is 2.56 bits per heavy atom. The smallest absolute Gasteiger partial charge is 0.234 e. The summed E-state index contributed by atoms with van der Waals surface area (Å²) in [4.78, 5) is 11.5. The molecule has 0 unspecified atom stereocenters. The van der Waals surface area contributed by atoms with Gasteiger partial charge in [-0.25, -0.2) is 0 Å². The van der Waals surface area contributed by atoms with Crippen molar-refractivity contribution in [1.29, 1.82) is 0 Å². The third-order valence-electron chi connectivity index (χ3n) is 2.61. The topological polar surface area (TPSA) is 59.0 Å². The maximum absolute atomic E-state index is 11.5. The third kappa shape index (κ3) is 4.87. The van der Waals surface area contributed by atoms with E-state index in [0.29, 0.717) is 6.54 Å². The normalized spacial score (nSPS) is 12.8. The molecule has 1 heterocycles. The molecule has 1 atom stereocenters. The van der Waals surface area contributed by atoms with Crippen molar-refractivity contribution in [2.75, 3.05) is 6.54 Å². The predicted octanol–water partition coefficient (Wildman–Crippen LogP) is 1.00. The molecule has 5 nitrogen and oxygen atoms in total. The van der Waals surface area contributed by atoms with E-state index in [4.69, 9.17) is 0 Å². The standard InChI is InChI=1S/C13H24N4O/c1-9(2)15-13(18)7-14-11(4)8-17-12(5)6-10(3)16-17/h6,9,11,14H,7-8H2,1-5H3,(H,15,18)/t11-/m0/s1. The van der Waals surface area contributed by atoms with Crippen molar-refractivity contribution in [2.45, 2.75) is 53.2 Å². The van der Waals surface area contributed by atoms with Gasteiger partial charge < -0.3 is 10.6 Å². The molecule has 1 aromatic rings. The SMILES string of the molecule is Cc1cc(C)n(C[C@H](C)NCC(=O)NC(C)C)n1. The summed E-state index contributed by atoms with van der Waals surface area (Å²) in [6.07, 6.45) is 0. The quantitative estimate of drug-likeness (QED) is 0.794. The highest BCUT2D eigenvalue weighted by atomic mass is 16.1. The Balaban J connectivity index is 2.36. The Labute approximate surface area is 109 Å². The first-order valence-electron chi connectivity index (χ1n) is 6.42. The minimum Gasteiger partial charge on any atom is -0.353 e. The fraction of sp³-hybridized carbons (Fsp3) is 0.692. The van der Waals surface area contributed by atoms with E-state index in [9.17, 15) is 4.79 Å². The molecule has 0 aliphatic rings. The highest BCUT2D eigenvalue weighted by Gasteiger charge is 2.09. The molecule has 1 rings (SSSR count). The van der Waals surface area contributed by atoms with Gasteiger partial charge >= 0.3 is 0 Å². The van der Waals surface area contributed by atoms with Crippen LogP contribution in [-0.4, -0.2) is 34.3 Å². The van der Waals surface area contributed by atoms with E-state index in [1.54, 1.807) is 0 Å². The Bertz CT molecular complexity index is 398. The number of rotatable bonds is 6. The number of nitrogens with zero attached hydrogens (tertiary/aromatic N) is 2. The second-order valence-corrected chi connectivity index (χ2v) is 5.11. The van der Waals surface area contributed by atoms with Gasteiger partial charge in [-0.2, -0.15) is 5.10 Å². The van der Waals surface area contributed by atoms with Crippen LogP contribution in [0.3, 0.4) is 0 Å². The van der Waals surface area contributed by atoms with Gasteiger partial charge in [0.2, 0.25) is 5.91 Å². The minimum absolute atomic E-state index is 0.0326. The lowest BCUT2D eigenvalue weighted by molar-refractivity contribution is -0.120. The molecule has 1 amide bonds. The summed E-state index contributed by atoms with van der Waals surface area (Å²) < 4.78 is 1.97. The molecule has 18 heavy (non-hydrogen) atoms. The van der Waals surface area contributed by atoms with Gasteiger partial charge in [0.15, 0.2) is 0 Å². The van der Waals surface area contributed by atoms with Crippen LogP contribution in [-0.2, 0) is 11.3 Å². The molecule has 102 valence electrons. The zero-order valence-electron chi connectivity index (χ0n) is 11.9. The number of carbonyl (C=O) groups is 1. The van der Waals surface area contributed by atoms with Gasteiger partial charge in [0.25, 0.3) is 0 Å². The van der Waals surface area contributed by atoms with Gasteiger partial charge in [-0.3, -0.25) is 9.48 Å². The molecule has 5 heteroatoms. The summed E-state index contributed by atoms with van der Waals surface area (Å²) in [7, 11) is 0. The molecule has 0 aliphatic carbocycles. The second-order valence-electron chi connectivity index (χ2n) is 5.11. The maximum Gasteiger partial charge on any atom is 0.234 e. The minimum atomic E-state index is 0.0326. The first-order chi connectivity index (χ1) is 8.38. The largest absolute Gasteiger partial charge is 0.353 e. The van der Waals surface area contributed by atoms with Crippen LogP contribution in [0.1, 0.15) is 32.2 Å². The lowest BCUT2D eigenvalue weighted by atomic mass is 10.3. The van der Waals surface area contributed by atoms with Crippen LogP contribution in [0.5, 0.6) is 0 Å². The number of hydrogen-bond donors (Lipinski definition) is 2. The Hall–Kier alpha value is -1.36. The molecule has 0 saturated heterocycles. The lowest BCUT2D eigenvalue weighted by Gasteiger charge is -2.15. The highest BCUT2D eigenvalue weighted by Crippen LogP contribution is 2.02. The van der Waals surface area contributed by atoms with Crippen LogP contribution in [0, 0.1) is 13.8 Å². The van der Waals surface area contributed by atoms with E-state index < -0.39 is 0 Å². The molecule has 2 N–H and O–H groups in total. The number of hydrogen-bond acceptors (Lipinski definition) is 3. The fourth-order valence-electron chi connectivity index (χ4n) is 1.82. The van der Waals surface area contributed by atoms with E-state index in [1.807, 2.05) is 32.4 Å². The van der Waals surface area contributed by atoms with Crippen LogP contribution >= 0.6 is 0 Å². The van der Waals surface area contributed by atoms with Gasteiger partial charge in [0, 0.05) is 17.8 Å². The number of aryl methyl sites for hydroxylation is 2. The van der Waals surface area contributed by atoms with E-state index in [2.05, 4.69) is 28.7 Å². The molecule has 0 spiro atoms. The average molecular weight is 252 g/mol. The third-order valence-corrected chi connectivity index (χ3v) is 2.61. The summed E-state index contributed by atoms with van der Waals surface area (Å²) >= 11 is 0. The Morgan fingerprint density at radius 1 is 1.39 bits per heavy atom. The summed E-state index contributed by atoms with van der Waals surface area (Å²) in [6.45, 7) is 11.1. The van der Waals surface area contributed by atoms with Crippen molar-refractivity contribution in [3.8, 4) is 0 Å². The summed E-state index contributed by atoms with van der Waals surface area (Å²) in [6, 6.07) is 2.45. The molecule has 0 saturated carbocycles. The summed E-state index contributed by atoms with van der Waals surface area (Å²) in [5.74, 6) is 0.0326. The summed E-state index contributed by atoms with van der Waals surface area (Å²) in [5, 5.41) is 10.5.